The normalized spacial score (nSPS) is 20.5. The van der Waals surface area contributed by atoms with E-state index in [2.05, 4.69) is 15.6 Å². The molecule has 3 heterocycles. The number of carbonyl (C=O) groups excluding carboxylic acids is 2. The summed E-state index contributed by atoms with van der Waals surface area (Å²) in [6.45, 7) is 2.31. The summed E-state index contributed by atoms with van der Waals surface area (Å²) in [7, 11) is 0. The molecule has 0 aliphatic carbocycles. The van der Waals surface area contributed by atoms with Crippen molar-refractivity contribution < 1.29 is 14.0 Å². The molecule has 1 aliphatic rings. The molecule has 2 unspecified atom stereocenters. The topological polar surface area (TPSA) is 104 Å². The number of H-pyrrole nitrogens is 1. The summed E-state index contributed by atoms with van der Waals surface area (Å²) in [6.07, 6.45) is 2.70. The molecule has 1 aliphatic heterocycles. The minimum absolute atomic E-state index is 0.00588. The molecule has 126 valence electrons. The molecule has 0 radical (unpaired) electrons. The number of rotatable bonds is 4. The number of amides is 2. The smallest absolute Gasteiger partial charge is 0.261 e. The molecule has 1 saturated heterocycles. The highest BCUT2D eigenvalue weighted by molar-refractivity contribution is 5.94. The molecule has 3 N–H and O–H groups in total. The number of pyridine rings is 1. The summed E-state index contributed by atoms with van der Waals surface area (Å²) >= 11 is 0. The molecule has 0 aromatic carbocycles. The van der Waals surface area contributed by atoms with E-state index < -0.39 is 11.5 Å². The van der Waals surface area contributed by atoms with Gasteiger partial charge in [-0.2, -0.15) is 0 Å². The minimum Gasteiger partial charge on any atom is -0.463 e. The first kappa shape index (κ1) is 16.0. The van der Waals surface area contributed by atoms with E-state index >= 15 is 0 Å². The molecule has 0 bridgehead atoms. The number of hydrogen-bond donors (Lipinski definition) is 3. The van der Waals surface area contributed by atoms with Gasteiger partial charge in [-0.05, 0) is 43.5 Å². The first-order valence-electron chi connectivity index (χ1n) is 7.87. The third-order valence-electron chi connectivity index (χ3n) is 4.06. The van der Waals surface area contributed by atoms with Crippen LogP contribution >= 0.6 is 0 Å². The fourth-order valence-corrected chi connectivity index (χ4v) is 2.95. The lowest BCUT2D eigenvalue weighted by Gasteiger charge is -2.27. The summed E-state index contributed by atoms with van der Waals surface area (Å²) in [5, 5.41) is 5.58. The number of carbonyl (C=O) groups is 2. The van der Waals surface area contributed by atoms with Gasteiger partial charge in [0.05, 0.1) is 12.0 Å². The Morgan fingerprint density at radius 2 is 2.17 bits per heavy atom. The number of nitrogens with one attached hydrogen (secondary N) is 3. The quantitative estimate of drug-likeness (QED) is 0.786. The third kappa shape index (κ3) is 3.56. The zero-order chi connectivity index (χ0) is 17.1. The minimum atomic E-state index is -0.476. The van der Waals surface area contributed by atoms with E-state index in [1.165, 1.54) is 12.3 Å². The maximum Gasteiger partial charge on any atom is 0.261 e. The van der Waals surface area contributed by atoms with Crippen molar-refractivity contribution in [2.75, 3.05) is 6.54 Å². The van der Waals surface area contributed by atoms with E-state index in [9.17, 15) is 14.4 Å². The number of hydrogen-bond acceptors (Lipinski definition) is 4. The maximum absolute atomic E-state index is 12.2. The Bertz CT molecular complexity index is 794. The van der Waals surface area contributed by atoms with E-state index in [-0.39, 0.29) is 23.4 Å². The number of aromatic amines is 1. The van der Waals surface area contributed by atoms with Crippen molar-refractivity contribution in [1.82, 2.24) is 15.6 Å². The van der Waals surface area contributed by atoms with Crippen molar-refractivity contribution in [1.29, 1.82) is 0 Å². The van der Waals surface area contributed by atoms with Gasteiger partial charge in [0.2, 0.25) is 5.91 Å². The molecule has 2 aromatic rings. The van der Waals surface area contributed by atoms with E-state index in [0.29, 0.717) is 24.4 Å². The molecule has 0 saturated carbocycles. The summed E-state index contributed by atoms with van der Waals surface area (Å²) in [5.74, 6) is 0.162. The molecular weight excluding hydrogens is 310 g/mol. The van der Waals surface area contributed by atoms with Crippen LogP contribution < -0.4 is 16.2 Å². The summed E-state index contributed by atoms with van der Waals surface area (Å²) in [5.41, 5.74) is 0.0779. The van der Waals surface area contributed by atoms with Crippen molar-refractivity contribution in [3.05, 3.63) is 46.4 Å². The van der Waals surface area contributed by atoms with Crippen LogP contribution in [0.3, 0.4) is 0 Å². The monoisotopic (exact) mass is 329 g/mol. The van der Waals surface area contributed by atoms with Gasteiger partial charge in [-0.3, -0.25) is 14.4 Å². The van der Waals surface area contributed by atoms with Gasteiger partial charge < -0.3 is 20.0 Å². The average molecular weight is 329 g/mol. The van der Waals surface area contributed by atoms with Crippen molar-refractivity contribution >= 4 is 11.8 Å². The molecule has 24 heavy (non-hydrogen) atoms. The van der Waals surface area contributed by atoms with E-state index in [1.54, 1.807) is 18.2 Å². The van der Waals surface area contributed by atoms with Gasteiger partial charge in [-0.15, -0.1) is 0 Å². The van der Waals surface area contributed by atoms with Crippen LogP contribution in [0.4, 0.5) is 0 Å². The molecule has 3 rings (SSSR count). The molecule has 1 fully saturated rings. The van der Waals surface area contributed by atoms with E-state index in [0.717, 1.165) is 6.42 Å². The van der Waals surface area contributed by atoms with Crippen molar-refractivity contribution in [2.24, 2.45) is 5.92 Å². The zero-order valence-electron chi connectivity index (χ0n) is 13.3. The Kier molecular flexibility index (Phi) is 4.50. The van der Waals surface area contributed by atoms with Crippen molar-refractivity contribution in [3.63, 3.8) is 0 Å². The Labute approximate surface area is 138 Å². The number of furan rings is 1. The Morgan fingerprint density at radius 3 is 2.83 bits per heavy atom. The van der Waals surface area contributed by atoms with E-state index in [1.807, 2.05) is 6.92 Å². The number of aromatic nitrogens is 1. The highest BCUT2D eigenvalue weighted by Crippen LogP contribution is 2.17. The van der Waals surface area contributed by atoms with Gasteiger partial charge in [0.1, 0.15) is 11.3 Å². The van der Waals surface area contributed by atoms with Crippen LogP contribution in [0.1, 0.15) is 30.1 Å². The number of piperidine rings is 1. The zero-order valence-corrected chi connectivity index (χ0v) is 13.3. The Hall–Kier alpha value is -2.83. The lowest BCUT2D eigenvalue weighted by atomic mass is 9.92. The van der Waals surface area contributed by atoms with Gasteiger partial charge in [-0.25, -0.2) is 0 Å². The highest BCUT2D eigenvalue weighted by Gasteiger charge is 2.24. The first-order chi connectivity index (χ1) is 11.5. The largest absolute Gasteiger partial charge is 0.463 e. The summed E-state index contributed by atoms with van der Waals surface area (Å²) in [6, 6.07) is 6.65. The SMILES string of the molecule is CC1CC(CNC(=O)c2ccc(-c3ccco3)[nH]c2=O)CC(=O)N1. The highest BCUT2D eigenvalue weighted by atomic mass is 16.3. The predicted octanol–water partition coefficient (Wildman–Crippen LogP) is 1.28. The molecule has 2 atom stereocenters. The molecule has 7 heteroatoms. The van der Waals surface area contributed by atoms with Gasteiger partial charge in [0.15, 0.2) is 0 Å². The van der Waals surface area contributed by atoms with Crippen LogP contribution in [0.15, 0.2) is 39.7 Å². The van der Waals surface area contributed by atoms with E-state index in [4.69, 9.17) is 4.42 Å². The van der Waals surface area contributed by atoms with Gasteiger partial charge in [0, 0.05) is 19.0 Å². The second kappa shape index (κ2) is 6.74. The second-order valence-corrected chi connectivity index (χ2v) is 6.08. The molecule has 0 spiro atoms. The van der Waals surface area contributed by atoms with Gasteiger partial charge in [-0.1, -0.05) is 0 Å². The average Bonchev–Trinajstić information content (AvgIpc) is 3.06. The van der Waals surface area contributed by atoms with Crippen LogP contribution in [0.5, 0.6) is 0 Å². The Balaban J connectivity index is 1.65. The van der Waals surface area contributed by atoms with Crippen LogP contribution in [0.2, 0.25) is 0 Å². The van der Waals surface area contributed by atoms with Crippen molar-refractivity contribution in [3.8, 4) is 11.5 Å². The predicted molar refractivity (Wildman–Crippen MR) is 87.4 cm³/mol. The Morgan fingerprint density at radius 1 is 1.33 bits per heavy atom. The van der Waals surface area contributed by atoms with Gasteiger partial charge in [0.25, 0.3) is 11.5 Å². The van der Waals surface area contributed by atoms with Crippen LogP contribution in [-0.4, -0.2) is 29.4 Å². The lowest BCUT2D eigenvalue weighted by molar-refractivity contribution is -0.124. The summed E-state index contributed by atoms with van der Waals surface area (Å²) < 4.78 is 5.21. The standard InChI is InChI=1S/C17H19N3O4/c1-10-7-11(8-15(21)19-10)9-18-16(22)12-4-5-13(20-17(12)23)14-3-2-6-24-14/h2-6,10-11H,7-9H2,1H3,(H,18,22)(H,19,21)(H,20,23). The molecule has 7 nitrogen and oxygen atoms in total. The fourth-order valence-electron chi connectivity index (χ4n) is 2.95. The van der Waals surface area contributed by atoms with Crippen LogP contribution in [0.25, 0.3) is 11.5 Å². The summed E-state index contributed by atoms with van der Waals surface area (Å²) in [4.78, 5) is 38.5. The van der Waals surface area contributed by atoms with Gasteiger partial charge >= 0.3 is 0 Å². The van der Waals surface area contributed by atoms with Crippen LogP contribution in [0, 0.1) is 5.92 Å². The van der Waals surface area contributed by atoms with Crippen molar-refractivity contribution in [2.45, 2.75) is 25.8 Å². The fraction of sp³-hybridized carbons (Fsp3) is 0.353. The molecule has 2 aromatic heterocycles. The third-order valence-corrected chi connectivity index (χ3v) is 4.06. The second-order valence-electron chi connectivity index (χ2n) is 6.08. The van der Waals surface area contributed by atoms with Crippen LogP contribution in [-0.2, 0) is 4.79 Å². The first-order valence-corrected chi connectivity index (χ1v) is 7.87. The lowest BCUT2D eigenvalue weighted by Crippen LogP contribution is -2.44. The maximum atomic E-state index is 12.2. The molecule has 2 amide bonds. The molecular formula is C17H19N3O4.